The van der Waals surface area contributed by atoms with Gasteiger partial charge in [-0.05, 0) is 0 Å². The van der Waals surface area contributed by atoms with Crippen molar-refractivity contribution >= 4 is 0 Å². The summed E-state index contributed by atoms with van der Waals surface area (Å²) in [7, 11) is 0. The van der Waals surface area contributed by atoms with Crippen LogP contribution in [0.3, 0.4) is 0 Å². The largest absolute Gasteiger partial charge is 0.391 e. The van der Waals surface area contributed by atoms with E-state index in [4.69, 9.17) is 15.3 Å². The van der Waals surface area contributed by atoms with Gasteiger partial charge in [0.1, 0.15) is 38.9 Å². The first kappa shape index (κ1) is 27.2. The van der Waals surface area contributed by atoms with Crippen molar-refractivity contribution in [3.8, 4) is 0 Å². The van der Waals surface area contributed by atoms with Gasteiger partial charge in [0.2, 0.25) is 0 Å². The maximum atomic E-state index is 13.3. The fourth-order valence-electron chi connectivity index (χ4n) is 2.54. The highest BCUT2D eigenvalue weighted by molar-refractivity contribution is 4.97. The third-order valence-electron chi connectivity index (χ3n) is 4.07. The molecule has 0 saturated heterocycles. The molecule has 0 fully saturated rings. The van der Waals surface area contributed by atoms with Crippen molar-refractivity contribution in [1.29, 1.82) is 0 Å². The van der Waals surface area contributed by atoms with Crippen LogP contribution >= 0.6 is 0 Å². The smallest absolute Gasteiger partial charge is 0.380 e. The standard InChI is InChI=1S/C14H24F8NO5/c15-11(16)13(19,20)14(21,22)12(17,18)9-28-8-10(27)7-23(1-4-24,2-5-25)3-6-26/h10-11,24-27H,1-9H2/q+1. The number of nitrogens with zero attached hydrogens (tertiary/aromatic N) is 1. The molecule has 0 amide bonds. The van der Waals surface area contributed by atoms with Crippen molar-refractivity contribution in [3.05, 3.63) is 0 Å². The molecule has 0 saturated carbocycles. The molecule has 0 aliphatic rings. The fraction of sp³-hybridized carbons (Fsp3) is 1.00. The third kappa shape index (κ3) is 6.62. The Kier molecular flexibility index (Phi) is 10.5. The van der Waals surface area contributed by atoms with E-state index in [2.05, 4.69) is 4.74 Å². The van der Waals surface area contributed by atoms with Crippen LogP contribution in [0.2, 0.25) is 0 Å². The number of aliphatic hydroxyl groups is 4. The van der Waals surface area contributed by atoms with E-state index in [-0.39, 0.29) is 30.7 Å². The zero-order chi connectivity index (χ0) is 22.2. The van der Waals surface area contributed by atoms with Gasteiger partial charge >= 0.3 is 24.2 Å². The number of alkyl halides is 8. The number of hydrogen-bond donors (Lipinski definition) is 4. The van der Waals surface area contributed by atoms with Crippen molar-refractivity contribution in [3.63, 3.8) is 0 Å². The van der Waals surface area contributed by atoms with Crippen molar-refractivity contribution in [2.24, 2.45) is 0 Å². The van der Waals surface area contributed by atoms with Gasteiger partial charge < -0.3 is 29.6 Å². The van der Waals surface area contributed by atoms with Crippen molar-refractivity contribution in [2.75, 3.05) is 59.2 Å². The lowest BCUT2D eigenvalue weighted by atomic mass is 10.1. The number of halogens is 8. The number of rotatable bonds is 15. The molecule has 0 heterocycles. The topological polar surface area (TPSA) is 90.2 Å². The van der Waals surface area contributed by atoms with Gasteiger partial charge in [-0.25, -0.2) is 8.78 Å². The summed E-state index contributed by atoms with van der Waals surface area (Å²) in [6, 6.07) is 0. The van der Waals surface area contributed by atoms with Crippen LogP contribution in [0.25, 0.3) is 0 Å². The van der Waals surface area contributed by atoms with Gasteiger partial charge in [0.15, 0.2) is 0 Å². The molecule has 0 rings (SSSR count). The van der Waals surface area contributed by atoms with Crippen molar-refractivity contribution < 1.29 is 64.8 Å². The molecular formula is C14H24F8NO5+. The lowest BCUT2D eigenvalue weighted by molar-refractivity contribution is -0.931. The Labute approximate surface area is 155 Å². The van der Waals surface area contributed by atoms with Crippen LogP contribution in [0.1, 0.15) is 0 Å². The Hall–Kier alpha value is -0.800. The van der Waals surface area contributed by atoms with E-state index in [1.54, 1.807) is 0 Å². The molecule has 1 unspecified atom stereocenters. The summed E-state index contributed by atoms with van der Waals surface area (Å²) < 4.78 is 106. The minimum atomic E-state index is -6.40. The van der Waals surface area contributed by atoms with Crippen LogP contribution in [-0.4, -0.2) is 114 Å². The fourth-order valence-corrected chi connectivity index (χ4v) is 2.54. The Morgan fingerprint density at radius 2 is 1.25 bits per heavy atom. The highest BCUT2D eigenvalue weighted by Crippen LogP contribution is 2.48. The molecule has 0 spiro atoms. The van der Waals surface area contributed by atoms with Gasteiger partial charge in [-0.2, -0.15) is 26.3 Å². The predicted octanol–water partition coefficient (Wildman–Crippen LogP) is 0.329. The first-order valence-corrected chi connectivity index (χ1v) is 8.08. The molecule has 0 aromatic carbocycles. The summed E-state index contributed by atoms with van der Waals surface area (Å²) in [5, 5.41) is 37.0. The molecule has 0 radical (unpaired) electrons. The van der Waals surface area contributed by atoms with Crippen LogP contribution in [0.4, 0.5) is 35.1 Å². The second kappa shape index (κ2) is 10.8. The molecule has 0 aliphatic heterocycles. The van der Waals surface area contributed by atoms with E-state index < -0.39 is 63.3 Å². The number of hydrogen-bond acceptors (Lipinski definition) is 5. The van der Waals surface area contributed by atoms with E-state index in [0.29, 0.717) is 0 Å². The van der Waals surface area contributed by atoms with Gasteiger partial charge in [0.25, 0.3) is 0 Å². The molecule has 28 heavy (non-hydrogen) atoms. The zero-order valence-corrected chi connectivity index (χ0v) is 14.7. The van der Waals surface area contributed by atoms with E-state index >= 15 is 0 Å². The Morgan fingerprint density at radius 3 is 1.61 bits per heavy atom. The monoisotopic (exact) mass is 438 g/mol. The molecule has 0 bridgehead atoms. The maximum absolute atomic E-state index is 13.3. The second-order valence-corrected chi connectivity index (χ2v) is 6.24. The summed E-state index contributed by atoms with van der Waals surface area (Å²) in [6.07, 6.45) is -6.67. The van der Waals surface area contributed by atoms with Crippen molar-refractivity contribution in [1.82, 2.24) is 0 Å². The van der Waals surface area contributed by atoms with Gasteiger partial charge in [-0.15, -0.1) is 0 Å². The SMILES string of the molecule is OCC[N+](CCO)(CCO)CC(O)COCC(F)(F)C(F)(F)C(F)(F)C(F)F. The Morgan fingerprint density at radius 1 is 0.821 bits per heavy atom. The van der Waals surface area contributed by atoms with Crippen LogP contribution in [0.5, 0.6) is 0 Å². The first-order valence-electron chi connectivity index (χ1n) is 8.08. The summed E-state index contributed by atoms with van der Waals surface area (Å²) in [6.45, 7) is -5.25. The minimum absolute atomic E-state index is 0.0625. The van der Waals surface area contributed by atoms with Gasteiger partial charge in [-0.3, -0.25) is 0 Å². The molecule has 4 N–H and O–H groups in total. The number of quaternary nitrogens is 1. The molecule has 1 atom stereocenters. The molecule has 0 aromatic rings. The normalized spacial score (nSPS) is 15.3. The number of ether oxygens (including phenoxy) is 1. The summed E-state index contributed by atoms with van der Waals surface area (Å²) in [4.78, 5) is 0. The lowest BCUT2D eigenvalue weighted by Crippen LogP contribution is -2.59. The van der Waals surface area contributed by atoms with Crippen molar-refractivity contribution in [2.45, 2.75) is 30.3 Å². The summed E-state index contributed by atoms with van der Waals surface area (Å²) >= 11 is 0. The zero-order valence-electron chi connectivity index (χ0n) is 14.7. The summed E-state index contributed by atoms with van der Waals surface area (Å²) in [5.74, 6) is -18.3. The average Bonchev–Trinajstić information content (AvgIpc) is 2.54. The highest BCUT2D eigenvalue weighted by atomic mass is 19.4. The van der Waals surface area contributed by atoms with E-state index in [0.717, 1.165) is 0 Å². The van der Waals surface area contributed by atoms with E-state index in [1.807, 2.05) is 0 Å². The van der Waals surface area contributed by atoms with Gasteiger partial charge in [-0.1, -0.05) is 0 Å². The Balaban J connectivity index is 4.96. The van der Waals surface area contributed by atoms with Crippen LogP contribution in [0.15, 0.2) is 0 Å². The second-order valence-electron chi connectivity index (χ2n) is 6.24. The van der Waals surface area contributed by atoms with E-state index in [1.165, 1.54) is 0 Å². The molecular weight excluding hydrogens is 414 g/mol. The van der Waals surface area contributed by atoms with Crippen LogP contribution in [-0.2, 0) is 4.74 Å². The Bertz CT molecular complexity index is 438. The molecule has 0 aliphatic carbocycles. The first-order chi connectivity index (χ1) is 12.7. The average molecular weight is 438 g/mol. The predicted molar refractivity (Wildman–Crippen MR) is 78.7 cm³/mol. The molecule has 0 aromatic heterocycles. The van der Waals surface area contributed by atoms with Crippen LogP contribution < -0.4 is 0 Å². The van der Waals surface area contributed by atoms with Gasteiger partial charge in [0.05, 0.1) is 26.4 Å². The number of aliphatic hydroxyl groups excluding tert-OH is 4. The molecule has 6 nitrogen and oxygen atoms in total. The summed E-state index contributed by atoms with van der Waals surface area (Å²) in [5.41, 5.74) is 0. The minimum Gasteiger partial charge on any atom is -0.391 e. The highest BCUT2D eigenvalue weighted by Gasteiger charge is 2.75. The van der Waals surface area contributed by atoms with Gasteiger partial charge in [0, 0.05) is 0 Å². The van der Waals surface area contributed by atoms with E-state index in [9.17, 15) is 40.2 Å². The third-order valence-corrected chi connectivity index (χ3v) is 4.07. The molecule has 14 heteroatoms. The quantitative estimate of drug-likeness (QED) is 0.219. The lowest BCUT2D eigenvalue weighted by Gasteiger charge is -2.39. The molecule has 170 valence electrons. The maximum Gasteiger partial charge on any atom is 0.380 e. The van der Waals surface area contributed by atoms with Crippen LogP contribution in [0, 0.1) is 0 Å².